The highest BCUT2D eigenvalue weighted by molar-refractivity contribution is 9.10. The Kier molecular flexibility index (Phi) is 8.92. The van der Waals surface area contributed by atoms with Crippen LogP contribution >= 0.6 is 27.5 Å². The maximum atomic E-state index is 12.7. The monoisotopic (exact) mass is 527 g/mol. The number of nitrogens with one attached hydrogen (secondary N) is 2. The second-order valence-corrected chi connectivity index (χ2v) is 9.26. The summed E-state index contributed by atoms with van der Waals surface area (Å²) >= 11 is 9.29. The molecule has 2 aromatic heterocycles. The first-order valence-electron chi connectivity index (χ1n) is 10.8. The molecule has 5 nitrogen and oxygen atoms in total. The Labute approximate surface area is 207 Å². The standard InChI is InChI=1S/C21H15BrClN3O2.C5H12/c22-14-5-10-17(24-12-14)21(27)26-20(25-16-8-6-15(23)7-9-16)19-11-13-3-1-2-4-18(13)28-19;1-4-5(2)3/h1-12,20,25H,(H,26,27);5H,4H2,1-3H3. The number of anilines is 1. The molecule has 4 aromatic rings. The molecule has 1 amide bonds. The van der Waals surface area contributed by atoms with E-state index in [0.717, 1.165) is 27.0 Å². The molecule has 0 spiro atoms. The van der Waals surface area contributed by atoms with Crippen molar-refractivity contribution in [2.45, 2.75) is 33.4 Å². The van der Waals surface area contributed by atoms with E-state index in [1.807, 2.05) is 42.5 Å². The van der Waals surface area contributed by atoms with Crippen molar-refractivity contribution in [3.8, 4) is 0 Å². The SMILES string of the molecule is CCC(C)C.O=C(NC(Nc1ccc(Cl)cc1)c1cc2ccccc2o1)c1ccc(Br)cn1. The van der Waals surface area contributed by atoms with Crippen molar-refractivity contribution in [2.75, 3.05) is 5.32 Å². The van der Waals surface area contributed by atoms with E-state index < -0.39 is 6.17 Å². The third kappa shape index (κ3) is 7.34. The van der Waals surface area contributed by atoms with E-state index in [0.29, 0.717) is 16.5 Å². The summed E-state index contributed by atoms with van der Waals surface area (Å²) in [4.78, 5) is 16.9. The molecule has 2 heterocycles. The van der Waals surface area contributed by atoms with Gasteiger partial charge in [0.25, 0.3) is 5.91 Å². The molecule has 2 N–H and O–H groups in total. The molecule has 0 saturated carbocycles. The molecule has 0 radical (unpaired) electrons. The number of furan rings is 1. The van der Waals surface area contributed by atoms with Crippen molar-refractivity contribution in [1.29, 1.82) is 0 Å². The molecule has 7 heteroatoms. The molecule has 0 aliphatic heterocycles. The van der Waals surface area contributed by atoms with Gasteiger partial charge in [0.15, 0.2) is 6.17 Å². The number of fused-ring (bicyclic) bond motifs is 1. The van der Waals surface area contributed by atoms with E-state index >= 15 is 0 Å². The lowest BCUT2D eigenvalue weighted by Gasteiger charge is -2.19. The van der Waals surface area contributed by atoms with Crippen LogP contribution in [0.3, 0.4) is 0 Å². The van der Waals surface area contributed by atoms with Crippen molar-refractivity contribution in [3.63, 3.8) is 0 Å². The van der Waals surface area contributed by atoms with Gasteiger partial charge in [-0.25, -0.2) is 4.98 Å². The van der Waals surface area contributed by atoms with Crippen molar-refractivity contribution in [2.24, 2.45) is 5.92 Å². The third-order valence-electron chi connectivity index (χ3n) is 4.94. The zero-order chi connectivity index (χ0) is 23.8. The van der Waals surface area contributed by atoms with Crippen molar-refractivity contribution in [1.82, 2.24) is 10.3 Å². The highest BCUT2D eigenvalue weighted by atomic mass is 79.9. The molecule has 1 unspecified atom stereocenters. The van der Waals surface area contributed by atoms with E-state index in [1.54, 1.807) is 30.5 Å². The molecule has 2 aromatic carbocycles. The average Bonchev–Trinajstić information content (AvgIpc) is 3.25. The minimum atomic E-state index is -0.591. The number of hydrogen-bond acceptors (Lipinski definition) is 4. The predicted octanol–water partition coefficient (Wildman–Crippen LogP) is 7.84. The zero-order valence-corrected chi connectivity index (χ0v) is 21.2. The summed E-state index contributed by atoms with van der Waals surface area (Å²) < 4.78 is 6.75. The Morgan fingerprint density at radius 2 is 1.79 bits per heavy atom. The fourth-order valence-electron chi connectivity index (χ4n) is 2.75. The van der Waals surface area contributed by atoms with Crippen LogP contribution in [0.5, 0.6) is 0 Å². The molecule has 4 rings (SSSR count). The predicted molar refractivity (Wildman–Crippen MR) is 139 cm³/mol. The number of benzene rings is 2. The summed E-state index contributed by atoms with van der Waals surface area (Å²) in [5.74, 6) is 1.15. The van der Waals surface area contributed by atoms with Crippen LogP contribution in [0.15, 0.2) is 81.8 Å². The second kappa shape index (κ2) is 11.9. The highest BCUT2D eigenvalue weighted by Gasteiger charge is 2.20. The number of amides is 1. The van der Waals surface area contributed by atoms with Crippen molar-refractivity contribution >= 4 is 50.1 Å². The first-order valence-corrected chi connectivity index (χ1v) is 12.0. The first kappa shape index (κ1) is 24.8. The number of halogens is 2. The van der Waals surface area contributed by atoms with Gasteiger partial charge in [0.05, 0.1) is 0 Å². The van der Waals surface area contributed by atoms with Crippen LogP contribution < -0.4 is 10.6 Å². The van der Waals surface area contributed by atoms with Crippen LogP contribution in [0.25, 0.3) is 11.0 Å². The normalized spacial score (nSPS) is 11.6. The zero-order valence-electron chi connectivity index (χ0n) is 18.8. The number of nitrogens with zero attached hydrogens (tertiary/aromatic N) is 1. The van der Waals surface area contributed by atoms with Gasteiger partial charge in [0, 0.05) is 26.8 Å². The summed E-state index contributed by atoms with van der Waals surface area (Å²) in [5, 5.41) is 7.80. The van der Waals surface area contributed by atoms with Gasteiger partial charge in [-0.05, 0) is 70.4 Å². The van der Waals surface area contributed by atoms with Gasteiger partial charge in [0.2, 0.25) is 0 Å². The molecule has 0 bridgehead atoms. The van der Waals surface area contributed by atoms with Crippen LogP contribution in [0.4, 0.5) is 5.69 Å². The molecular weight excluding hydrogens is 502 g/mol. The van der Waals surface area contributed by atoms with Gasteiger partial charge in [-0.15, -0.1) is 0 Å². The Bertz CT molecular complexity index is 1140. The number of pyridine rings is 1. The molecule has 0 aliphatic rings. The van der Waals surface area contributed by atoms with E-state index in [-0.39, 0.29) is 5.91 Å². The lowest BCUT2D eigenvalue weighted by molar-refractivity contribution is 0.0932. The fraction of sp³-hybridized carbons (Fsp3) is 0.231. The molecule has 1 atom stereocenters. The van der Waals surface area contributed by atoms with E-state index in [9.17, 15) is 4.79 Å². The van der Waals surface area contributed by atoms with E-state index in [1.165, 1.54) is 6.42 Å². The van der Waals surface area contributed by atoms with Crippen LogP contribution in [0, 0.1) is 5.92 Å². The van der Waals surface area contributed by atoms with Gasteiger partial charge in [-0.1, -0.05) is 57.0 Å². The van der Waals surface area contributed by atoms with Gasteiger partial charge >= 0.3 is 0 Å². The number of carbonyl (C=O) groups is 1. The summed E-state index contributed by atoms with van der Waals surface area (Å²) in [6.45, 7) is 6.64. The molecule has 0 saturated heterocycles. The molecular formula is C26H27BrClN3O2. The largest absolute Gasteiger partial charge is 0.457 e. The average molecular weight is 529 g/mol. The van der Waals surface area contributed by atoms with Gasteiger partial charge in [0.1, 0.15) is 17.0 Å². The molecule has 0 aliphatic carbocycles. The van der Waals surface area contributed by atoms with Crippen molar-refractivity contribution < 1.29 is 9.21 Å². The van der Waals surface area contributed by atoms with E-state index in [4.69, 9.17) is 16.0 Å². The molecule has 33 heavy (non-hydrogen) atoms. The lowest BCUT2D eigenvalue weighted by Crippen LogP contribution is -2.33. The minimum absolute atomic E-state index is 0.308. The van der Waals surface area contributed by atoms with Gasteiger partial charge in [-0.2, -0.15) is 0 Å². The quantitative estimate of drug-likeness (QED) is 0.250. The number of para-hydroxylation sites is 1. The van der Waals surface area contributed by atoms with Gasteiger partial charge in [-0.3, -0.25) is 4.79 Å². The number of aromatic nitrogens is 1. The van der Waals surface area contributed by atoms with Crippen LogP contribution in [0.2, 0.25) is 5.02 Å². The fourth-order valence-corrected chi connectivity index (χ4v) is 3.11. The maximum absolute atomic E-state index is 12.7. The topological polar surface area (TPSA) is 67.2 Å². The summed E-state index contributed by atoms with van der Waals surface area (Å²) in [5.41, 5.74) is 1.84. The smallest absolute Gasteiger partial charge is 0.271 e. The Hall–Kier alpha value is -2.83. The molecule has 172 valence electrons. The van der Waals surface area contributed by atoms with Crippen LogP contribution in [0.1, 0.15) is 49.6 Å². The minimum Gasteiger partial charge on any atom is -0.457 e. The van der Waals surface area contributed by atoms with Crippen LogP contribution in [-0.4, -0.2) is 10.9 Å². The van der Waals surface area contributed by atoms with Crippen molar-refractivity contribution in [3.05, 3.63) is 93.9 Å². The lowest BCUT2D eigenvalue weighted by atomic mass is 10.2. The maximum Gasteiger partial charge on any atom is 0.271 e. The Balaban J connectivity index is 0.000000555. The van der Waals surface area contributed by atoms with Gasteiger partial charge < -0.3 is 15.1 Å². The summed E-state index contributed by atoms with van der Waals surface area (Å²) in [6.07, 6.45) is 2.30. The Morgan fingerprint density at radius 1 is 1.09 bits per heavy atom. The second-order valence-electron chi connectivity index (χ2n) is 7.91. The van der Waals surface area contributed by atoms with E-state index in [2.05, 4.69) is 52.3 Å². The third-order valence-corrected chi connectivity index (χ3v) is 5.66. The number of carbonyl (C=O) groups excluding carboxylic acids is 1. The highest BCUT2D eigenvalue weighted by Crippen LogP contribution is 2.26. The first-order chi connectivity index (χ1) is 15.9. The summed E-state index contributed by atoms with van der Waals surface area (Å²) in [6, 6.07) is 20.2. The number of hydrogen-bond donors (Lipinski definition) is 2. The molecule has 0 fully saturated rings. The van der Waals surface area contributed by atoms with Crippen LogP contribution in [-0.2, 0) is 0 Å². The Morgan fingerprint density at radius 3 is 2.39 bits per heavy atom. The summed E-state index contributed by atoms with van der Waals surface area (Å²) in [7, 11) is 0. The number of rotatable bonds is 6.